The van der Waals surface area contributed by atoms with E-state index in [0.717, 1.165) is 5.57 Å². The summed E-state index contributed by atoms with van der Waals surface area (Å²) in [5.41, 5.74) is 1.38. The Morgan fingerprint density at radius 1 is 1.45 bits per heavy atom. The second-order valence-corrected chi connectivity index (χ2v) is 2.32. The molecular formula is C8H13NO2. The summed E-state index contributed by atoms with van der Waals surface area (Å²) in [6, 6.07) is 0. The van der Waals surface area contributed by atoms with Crippen molar-refractivity contribution in [3.8, 4) is 0 Å². The van der Waals surface area contributed by atoms with E-state index in [0.29, 0.717) is 5.71 Å². The molecule has 0 aliphatic rings. The maximum Gasteiger partial charge on any atom is 0.356 e. The molecule has 0 rings (SSSR count). The standard InChI is InChI=1S/C8H13NO2/c1-6(2)5-7(9-3)8(10)11-4/h5H,1-4H3/b9-7+. The van der Waals surface area contributed by atoms with Crippen molar-refractivity contribution in [2.24, 2.45) is 4.99 Å². The van der Waals surface area contributed by atoms with Gasteiger partial charge in [0.05, 0.1) is 7.11 Å². The quantitative estimate of drug-likeness (QED) is 0.444. The molecule has 62 valence electrons. The van der Waals surface area contributed by atoms with E-state index < -0.39 is 5.97 Å². The van der Waals surface area contributed by atoms with Gasteiger partial charge in [-0.25, -0.2) is 4.79 Å². The van der Waals surface area contributed by atoms with Gasteiger partial charge in [-0.3, -0.25) is 4.99 Å². The lowest BCUT2D eigenvalue weighted by Crippen LogP contribution is -2.13. The van der Waals surface area contributed by atoms with Gasteiger partial charge in [0.25, 0.3) is 0 Å². The highest BCUT2D eigenvalue weighted by Crippen LogP contribution is 1.92. The molecule has 0 N–H and O–H groups in total. The molecule has 0 aromatic rings. The molecule has 0 spiro atoms. The van der Waals surface area contributed by atoms with E-state index in [4.69, 9.17) is 0 Å². The third-order valence-corrected chi connectivity index (χ3v) is 1.06. The molecule has 0 radical (unpaired) electrons. The minimum Gasteiger partial charge on any atom is -0.464 e. The van der Waals surface area contributed by atoms with Crippen molar-refractivity contribution in [3.63, 3.8) is 0 Å². The summed E-state index contributed by atoms with van der Waals surface area (Å²) >= 11 is 0. The fourth-order valence-electron chi connectivity index (χ4n) is 0.593. The summed E-state index contributed by atoms with van der Waals surface area (Å²) in [4.78, 5) is 14.6. The van der Waals surface area contributed by atoms with Gasteiger partial charge in [0.1, 0.15) is 5.71 Å². The second kappa shape index (κ2) is 4.66. The van der Waals surface area contributed by atoms with E-state index in [1.807, 2.05) is 13.8 Å². The molecule has 0 saturated heterocycles. The number of aliphatic imine (C=N–C) groups is 1. The molecule has 0 amide bonds. The van der Waals surface area contributed by atoms with Crippen molar-refractivity contribution >= 4 is 11.7 Å². The Morgan fingerprint density at radius 3 is 2.27 bits per heavy atom. The summed E-state index contributed by atoms with van der Waals surface area (Å²) in [5.74, 6) is -0.395. The Bertz CT molecular complexity index is 200. The largest absolute Gasteiger partial charge is 0.464 e. The monoisotopic (exact) mass is 155 g/mol. The van der Waals surface area contributed by atoms with Gasteiger partial charge in [-0.05, 0) is 19.9 Å². The molecule has 3 nitrogen and oxygen atoms in total. The molecule has 0 aromatic heterocycles. The predicted octanol–water partition coefficient (Wildman–Crippen LogP) is 1.20. The van der Waals surface area contributed by atoms with Crippen molar-refractivity contribution in [3.05, 3.63) is 11.6 Å². The van der Waals surface area contributed by atoms with Crippen molar-refractivity contribution in [2.75, 3.05) is 14.2 Å². The molecular weight excluding hydrogens is 142 g/mol. The van der Waals surface area contributed by atoms with E-state index >= 15 is 0 Å². The Hall–Kier alpha value is -1.12. The number of methoxy groups -OCH3 is 1. The van der Waals surface area contributed by atoms with Gasteiger partial charge in [-0.2, -0.15) is 0 Å². The molecule has 11 heavy (non-hydrogen) atoms. The smallest absolute Gasteiger partial charge is 0.356 e. The lowest BCUT2D eigenvalue weighted by molar-refractivity contribution is -0.132. The van der Waals surface area contributed by atoms with Gasteiger partial charge in [0.2, 0.25) is 0 Å². The number of ether oxygens (including phenoxy) is 1. The van der Waals surface area contributed by atoms with Crippen LogP contribution in [0.4, 0.5) is 0 Å². The minimum absolute atomic E-state index is 0.354. The number of hydrogen-bond acceptors (Lipinski definition) is 3. The molecule has 0 aliphatic carbocycles. The Morgan fingerprint density at radius 2 is 2.00 bits per heavy atom. The van der Waals surface area contributed by atoms with Crippen molar-refractivity contribution in [1.29, 1.82) is 0 Å². The molecule has 0 heterocycles. The lowest BCUT2D eigenvalue weighted by atomic mass is 10.2. The van der Waals surface area contributed by atoms with Crippen LogP contribution in [0.3, 0.4) is 0 Å². The van der Waals surface area contributed by atoms with Gasteiger partial charge < -0.3 is 4.74 Å². The molecule has 0 aliphatic heterocycles. The first-order valence-electron chi connectivity index (χ1n) is 3.31. The van der Waals surface area contributed by atoms with Crippen LogP contribution in [0.2, 0.25) is 0 Å². The molecule has 0 atom stereocenters. The summed E-state index contributed by atoms with van der Waals surface area (Å²) in [5, 5.41) is 0. The highest BCUT2D eigenvalue weighted by molar-refractivity contribution is 6.41. The number of carbonyl (C=O) groups excluding carboxylic acids is 1. The van der Waals surface area contributed by atoms with Crippen LogP contribution in [0.25, 0.3) is 0 Å². The van der Waals surface area contributed by atoms with E-state index in [-0.39, 0.29) is 0 Å². The third kappa shape index (κ3) is 3.55. The third-order valence-electron chi connectivity index (χ3n) is 1.06. The van der Waals surface area contributed by atoms with Crippen molar-refractivity contribution in [2.45, 2.75) is 13.8 Å². The van der Waals surface area contributed by atoms with E-state index in [2.05, 4.69) is 9.73 Å². The van der Waals surface area contributed by atoms with Crippen LogP contribution in [0.5, 0.6) is 0 Å². The number of nitrogens with zero attached hydrogens (tertiary/aromatic N) is 1. The van der Waals surface area contributed by atoms with Crippen LogP contribution in [0.1, 0.15) is 13.8 Å². The van der Waals surface area contributed by atoms with Crippen LogP contribution in [0, 0.1) is 0 Å². The fourth-order valence-corrected chi connectivity index (χ4v) is 0.593. The Balaban J connectivity index is 4.45. The van der Waals surface area contributed by atoms with Gasteiger partial charge in [-0.15, -0.1) is 0 Å². The molecule has 0 aromatic carbocycles. The number of allylic oxidation sites excluding steroid dienone is 1. The molecule has 0 unspecified atom stereocenters. The number of carbonyl (C=O) groups is 1. The van der Waals surface area contributed by atoms with E-state index in [9.17, 15) is 4.79 Å². The minimum atomic E-state index is -0.395. The normalized spacial score (nSPS) is 10.7. The van der Waals surface area contributed by atoms with Crippen LogP contribution in [0.15, 0.2) is 16.6 Å². The molecule has 0 saturated carbocycles. The highest BCUT2D eigenvalue weighted by Gasteiger charge is 2.05. The van der Waals surface area contributed by atoms with Crippen LogP contribution in [-0.4, -0.2) is 25.8 Å². The van der Waals surface area contributed by atoms with E-state index in [1.165, 1.54) is 7.11 Å². The van der Waals surface area contributed by atoms with Crippen molar-refractivity contribution < 1.29 is 9.53 Å². The second-order valence-electron chi connectivity index (χ2n) is 2.32. The topological polar surface area (TPSA) is 38.7 Å². The average Bonchev–Trinajstić information content (AvgIpc) is 1.98. The van der Waals surface area contributed by atoms with Gasteiger partial charge in [0.15, 0.2) is 0 Å². The molecule has 0 fully saturated rings. The van der Waals surface area contributed by atoms with Gasteiger partial charge in [0, 0.05) is 7.05 Å². The molecule has 3 heteroatoms. The molecule has 0 bridgehead atoms. The fraction of sp³-hybridized carbons (Fsp3) is 0.500. The SMILES string of the molecule is C/N=C(\C=C(C)C)C(=O)OC. The average molecular weight is 155 g/mol. The Kier molecular flexibility index (Phi) is 4.18. The highest BCUT2D eigenvalue weighted by atomic mass is 16.5. The maximum absolute atomic E-state index is 10.9. The van der Waals surface area contributed by atoms with E-state index in [1.54, 1.807) is 13.1 Å². The van der Waals surface area contributed by atoms with Gasteiger partial charge >= 0.3 is 5.97 Å². The van der Waals surface area contributed by atoms with Crippen molar-refractivity contribution in [1.82, 2.24) is 0 Å². The summed E-state index contributed by atoms with van der Waals surface area (Å²) < 4.78 is 4.49. The number of rotatable bonds is 2. The first-order valence-corrected chi connectivity index (χ1v) is 3.31. The lowest BCUT2D eigenvalue weighted by Gasteiger charge is -1.97. The summed E-state index contributed by atoms with van der Waals surface area (Å²) in [6.45, 7) is 3.79. The first kappa shape index (κ1) is 9.88. The first-order chi connectivity index (χ1) is 5.11. The Labute approximate surface area is 66.8 Å². The summed E-state index contributed by atoms with van der Waals surface area (Å²) in [7, 11) is 2.90. The zero-order chi connectivity index (χ0) is 8.85. The van der Waals surface area contributed by atoms with Gasteiger partial charge in [-0.1, -0.05) is 5.57 Å². The number of hydrogen-bond donors (Lipinski definition) is 0. The number of esters is 1. The maximum atomic E-state index is 10.9. The zero-order valence-corrected chi connectivity index (χ0v) is 7.34. The predicted molar refractivity (Wildman–Crippen MR) is 44.8 cm³/mol. The zero-order valence-electron chi connectivity index (χ0n) is 7.34. The van der Waals surface area contributed by atoms with Crippen LogP contribution < -0.4 is 0 Å². The van der Waals surface area contributed by atoms with Crippen LogP contribution in [-0.2, 0) is 9.53 Å². The summed E-state index contributed by atoms with van der Waals surface area (Å²) in [6.07, 6.45) is 1.69. The van der Waals surface area contributed by atoms with Crippen LogP contribution >= 0.6 is 0 Å².